The molecule has 1 rings (SSSR count). The molecule has 0 bridgehead atoms. The van der Waals surface area contributed by atoms with Crippen LogP contribution < -0.4 is 10.6 Å². The Kier molecular flexibility index (Phi) is 7.55. The van der Waals surface area contributed by atoms with Gasteiger partial charge in [-0.25, -0.2) is 0 Å². The van der Waals surface area contributed by atoms with Crippen LogP contribution in [0.15, 0.2) is 17.5 Å². The van der Waals surface area contributed by atoms with Gasteiger partial charge < -0.3 is 10.6 Å². The Labute approximate surface area is 137 Å². The number of nitrogens with one attached hydrogen (secondary N) is 2. The fourth-order valence-corrected chi connectivity index (χ4v) is 2.69. The van der Waals surface area contributed by atoms with E-state index in [1.807, 2.05) is 44.0 Å². The fraction of sp³-hybridized carbons (Fsp3) is 0.625. The summed E-state index contributed by atoms with van der Waals surface area (Å²) in [6, 6.07) is 4.07. The Morgan fingerprint density at radius 3 is 2.45 bits per heavy atom. The lowest BCUT2D eigenvalue weighted by Gasteiger charge is -2.24. The van der Waals surface area contributed by atoms with E-state index in [2.05, 4.69) is 16.7 Å². The highest BCUT2D eigenvalue weighted by atomic mass is 32.1. The first kappa shape index (κ1) is 18.6. The monoisotopic (exact) mass is 325 g/mol. The van der Waals surface area contributed by atoms with Gasteiger partial charge >= 0.3 is 0 Å². The van der Waals surface area contributed by atoms with Gasteiger partial charge in [-0.3, -0.25) is 14.5 Å². The minimum absolute atomic E-state index is 0.0398. The number of hydrogen-bond acceptors (Lipinski definition) is 4. The van der Waals surface area contributed by atoms with Gasteiger partial charge in [0.1, 0.15) is 0 Å². The van der Waals surface area contributed by atoms with Gasteiger partial charge in [-0.15, -0.1) is 11.3 Å². The Bertz CT molecular complexity index is 466. The molecule has 0 aromatic carbocycles. The lowest BCUT2D eigenvalue weighted by atomic mass is 10.1. The topological polar surface area (TPSA) is 61.4 Å². The predicted molar refractivity (Wildman–Crippen MR) is 91.0 cm³/mol. The van der Waals surface area contributed by atoms with Crippen LogP contribution in [0.2, 0.25) is 0 Å². The zero-order valence-corrected chi connectivity index (χ0v) is 14.8. The molecule has 0 aliphatic rings. The Morgan fingerprint density at radius 1 is 1.23 bits per heavy atom. The lowest BCUT2D eigenvalue weighted by molar-refractivity contribution is -0.125. The van der Waals surface area contributed by atoms with Crippen LogP contribution in [0.3, 0.4) is 0 Å². The van der Waals surface area contributed by atoms with Gasteiger partial charge in [0.05, 0.1) is 13.1 Å². The van der Waals surface area contributed by atoms with Crippen molar-refractivity contribution in [2.75, 3.05) is 26.2 Å². The van der Waals surface area contributed by atoms with E-state index in [4.69, 9.17) is 0 Å². The Morgan fingerprint density at radius 2 is 1.91 bits per heavy atom. The van der Waals surface area contributed by atoms with Gasteiger partial charge in [0.2, 0.25) is 11.8 Å². The quantitative estimate of drug-likeness (QED) is 0.764. The van der Waals surface area contributed by atoms with Crippen molar-refractivity contribution in [3.05, 3.63) is 22.4 Å². The van der Waals surface area contributed by atoms with Crippen LogP contribution in [0.25, 0.3) is 0 Å². The van der Waals surface area contributed by atoms with Crippen LogP contribution in [0.1, 0.15) is 32.6 Å². The average molecular weight is 325 g/mol. The molecule has 6 heteroatoms. The normalized spacial score (nSPS) is 11.5. The predicted octanol–water partition coefficient (Wildman–Crippen LogP) is 1.64. The van der Waals surface area contributed by atoms with Crippen molar-refractivity contribution in [2.24, 2.45) is 0 Å². The molecule has 0 atom stereocenters. The fourth-order valence-electron chi connectivity index (χ4n) is 1.98. The van der Waals surface area contributed by atoms with E-state index in [0.29, 0.717) is 13.1 Å². The Balaban J connectivity index is 2.29. The molecule has 22 heavy (non-hydrogen) atoms. The SMILES string of the molecule is CCN(CC(=O)NCCc1cccs1)CC(=O)NC(C)(C)C. The molecule has 0 aliphatic carbocycles. The lowest BCUT2D eigenvalue weighted by Crippen LogP contribution is -2.48. The molecule has 2 amide bonds. The second-order valence-corrected chi connectivity index (χ2v) is 7.31. The third-order valence-corrected chi connectivity index (χ3v) is 3.91. The van der Waals surface area contributed by atoms with Gasteiger partial charge in [0.25, 0.3) is 0 Å². The molecule has 0 radical (unpaired) electrons. The molecule has 0 saturated heterocycles. The molecular weight excluding hydrogens is 298 g/mol. The number of nitrogens with zero attached hydrogens (tertiary/aromatic N) is 1. The van der Waals surface area contributed by atoms with Gasteiger partial charge in [0, 0.05) is 17.0 Å². The van der Waals surface area contributed by atoms with E-state index < -0.39 is 0 Å². The highest BCUT2D eigenvalue weighted by molar-refractivity contribution is 7.09. The number of carbonyl (C=O) groups excluding carboxylic acids is 2. The van der Waals surface area contributed by atoms with Crippen LogP contribution in [0, 0.1) is 0 Å². The first-order valence-electron chi connectivity index (χ1n) is 7.62. The Hall–Kier alpha value is -1.40. The van der Waals surface area contributed by atoms with Crippen molar-refractivity contribution in [1.29, 1.82) is 0 Å². The summed E-state index contributed by atoms with van der Waals surface area (Å²) < 4.78 is 0. The van der Waals surface area contributed by atoms with Gasteiger partial charge in [-0.05, 0) is 45.2 Å². The number of amides is 2. The van der Waals surface area contributed by atoms with Crippen molar-refractivity contribution in [2.45, 2.75) is 39.7 Å². The van der Waals surface area contributed by atoms with Crippen molar-refractivity contribution in [1.82, 2.24) is 15.5 Å². The minimum Gasteiger partial charge on any atom is -0.355 e. The van der Waals surface area contributed by atoms with E-state index in [1.165, 1.54) is 4.88 Å². The van der Waals surface area contributed by atoms with E-state index in [-0.39, 0.29) is 30.4 Å². The first-order valence-corrected chi connectivity index (χ1v) is 8.50. The number of likely N-dealkylation sites (N-methyl/N-ethyl adjacent to an activating group) is 1. The molecule has 0 aliphatic heterocycles. The summed E-state index contributed by atoms with van der Waals surface area (Å²) in [6.07, 6.45) is 0.847. The van der Waals surface area contributed by atoms with Gasteiger partial charge in [-0.2, -0.15) is 0 Å². The maximum Gasteiger partial charge on any atom is 0.234 e. The molecule has 124 valence electrons. The van der Waals surface area contributed by atoms with Crippen LogP contribution >= 0.6 is 11.3 Å². The zero-order chi connectivity index (χ0) is 16.6. The second-order valence-electron chi connectivity index (χ2n) is 6.28. The standard InChI is InChI=1S/C16H27N3O2S/c1-5-19(12-15(21)18-16(2,3)4)11-14(20)17-9-8-13-7-6-10-22-13/h6-7,10H,5,8-9,11-12H2,1-4H3,(H,17,20)(H,18,21). The van der Waals surface area contributed by atoms with E-state index in [0.717, 1.165) is 6.42 Å². The molecule has 0 fully saturated rings. The minimum atomic E-state index is -0.251. The average Bonchev–Trinajstić information content (AvgIpc) is 2.88. The second kappa shape index (κ2) is 8.90. The molecule has 2 N–H and O–H groups in total. The summed E-state index contributed by atoms with van der Waals surface area (Å²) in [5, 5.41) is 7.84. The third-order valence-electron chi connectivity index (χ3n) is 2.97. The summed E-state index contributed by atoms with van der Waals surface area (Å²) in [5.41, 5.74) is -0.251. The molecule has 1 aromatic heterocycles. The number of carbonyl (C=O) groups is 2. The van der Waals surface area contributed by atoms with Gasteiger partial charge in [0.15, 0.2) is 0 Å². The van der Waals surface area contributed by atoms with Gasteiger partial charge in [-0.1, -0.05) is 13.0 Å². The molecule has 1 heterocycles. The summed E-state index contributed by atoms with van der Waals surface area (Å²) in [6.45, 7) is 9.56. The van der Waals surface area contributed by atoms with Crippen molar-refractivity contribution in [3.8, 4) is 0 Å². The molecule has 0 saturated carbocycles. The summed E-state index contributed by atoms with van der Waals surface area (Å²) in [5.74, 6) is -0.0947. The van der Waals surface area contributed by atoms with Crippen LogP contribution in [-0.4, -0.2) is 48.4 Å². The molecular formula is C16H27N3O2S. The van der Waals surface area contributed by atoms with E-state index in [9.17, 15) is 9.59 Å². The zero-order valence-electron chi connectivity index (χ0n) is 13.9. The number of thiophene rings is 1. The summed E-state index contributed by atoms with van der Waals surface area (Å²) >= 11 is 1.69. The number of hydrogen-bond donors (Lipinski definition) is 2. The maximum absolute atomic E-state index is 11.9. The van der Waals surface area contributed by atoms with Crippen molar-refractivity contribution < 1.29 is 9.59 Å². The number of rotatable bonds is 8. The summed E-state index contributed by atoms with van der Waals surface area (Å²) in [7, 11) is 0. The molecule has 0 spiro atoms. The molecule has 1 aromatic rings. The first-order chi connectivity index (χ1) is 10.3. The highest BCUT2D eigenvalue weighted by Crippen LogP contribution is 2.08. The van der Waals surface area contributed by atoms with E-state index >= 15 is 0 Å². The smallest absolute Gasteiger partial charge is 0.234 e. The van der Waals surface area contributed by atoms with E-state index in [1.54, 1.807) is 11.3 Å². The highest BCUT2D eigenvalue weighted by Gasteiger charge is 2.17. The summed E-state index contributed by atoms with van der Waals surface area (Å²) in [4.78, 5) is 26.9. The molecule has 5 nitrogen and oxygen atoms in total. The van der Waals surface area contributed by atoms with Crippen LogP contribution in [0.4, 0.5) is 0 Å². The largest absolute Gasteiger partial charge is 0.355 e. The maximum atomic E-state index is 11.9. The van der Waals surface area contributed by atoms with Crippen LogP contribution in [0.5, 0.6) is 0 Å². The van der Waals surface area contributed by atoms with Crippen molar-refractivity contribution in [3.63, 3.8) is 0 Å². The molecule has 0 unspecified atom stereocenters. The third kappa shape index (κ3) is 8.14. The van der Waals surface area contributed by atoms with Crippen molar-refractivity contribution >= 4 is 23.2 Å². The van der Waals surface area contributed by atoms with Crippen LogP contribution in [-0.2, 0) is 16.0 Å².